The molecular weight excluding hydrogens is 352 g/mol. The number of benzene rings is 2. The van der Waals surface area contributed by atoms with Crippen LogP contribution >= 0.6 is 15.9 Å². The lowest BCUT2D eigenvalue weighted by Crippen LogP contribution is -2.28. The number of nitrogen functional groups attached to an aromatic ring is 1. The molecule has 0 bridgehead atoms. The Morgan fingerprint density at radius 3 is 2.48 bits per heavy atom. The highest BCUT2D eigenvalue weighted by Gasteiger charge is 2.16. The van der Waals surface area contributed by atoms with Gasteiger partial charge in [0.05, 0.1) is 5.75 Å². The molecule has 0 radical (unpaired) electrons. The first-order valence-electron chi connectivity index (χ1n) is 6.45. The molecule has 0 aliphatic rings. The van der Waals surface area contributed by atoms with E-state index in [9.17, 15) is 8.42 Å². The number of sulfonamides is 1. The molecule has 0 aliphatic carbocycles. The fraction of sp³-hybridized carbons (Fsp3) is 0.200. The summed E-state index contributed by atoms with van der Waals surface area (Å²) < 4.78 is 28.0. The SMILES string of the molecule is CC(NS(=O)(=O)Cc1cccc(N)c1)c1ccc(Br)cc1. The van der Waals surface area contributed by atoms with Crippen molar-refractivity contribution in [2.45, 2.75) is 18.7 Å². The number of nitrogens with one attached hydrogen (secondary N) is 1. The minimum absolute atomic E-state index is 0.0844. The van der Waals surface area contributed by atoms with Crippen LogP contribution in [-0.4, -0.2) is 8.42 Å². The maximum absolute atomic E-state index is 12.2. The van der Waals surface area contributed by atoms with Crippen LogP contribution in [0.15, 0.2) is 53.0 Å². The molecule has 3 N–H and O–H groups in total. The standard InChI is InChI=1S/C15H17BrN2O2S/c1-11(13-5-7-14(16)8-6-13)18-21(19,20)10-12-3-2-4-15(17)9-12/h2-9,11,18H,10,17H2,1H3. The van der Waals surface area contributed by atoms with Crippen molar-refractivity contribution in [3.8, 4) is 0 Å². The summed E-state index contributed by atoms with van der Waals surface area (Å²) in [5, 5.41) is 0. The lowest BCUT2D eigenvalue weighted by Gasteiger charge is -2.15. The van der Waals surface area contributed by atoms with Crippen molar-refractivity contribution in [2.75, 3.05) is 5.73 Å². The Balaban J connectivity index is 2.08. The van der Waals surface area contributed by atoms with Crippen LogP contribution < -0.4 is 10.5 Å². The zero-order valence-electron chi connectivity index (χ0n) is 11.6. The maximum atomic E-state index is 12.2. The lowest BCUT2D eigenvalue weighted by atomic mass is 10.1. The molecule has 0 aromatic heterocycles. The van der Waals surface area contributed by atoms with Gasteiger partial charge in [0.2, 0.25) is 10.0 Å². The first-order chi connectivity index (χ1) is 9.85. The number of nitrogens with two attached hydrogens (primary N) is 1. The molecule has 0 saturated carbocycles. The second-order valence-corrected chi connectivity index (χ2v) is 7.56. The highest BCUT2D eigenvalue weighted by atomic mass is 79.9. The molecule has 0 saturated heterocycles. The summed E-state index contributed by atoms with van der Waals surface area (Å²) in [5.74, 6) is -0.0844. The summed E-state index contributed by atoms with van der Waals surface area (Å²) in [5.41, 5.74) is 7.81. The lowest BCUT2D eigenvalue weighted by molar-refractivity contribution is 0.566. The van der Waals surface area contributed by atoms with Crippen molar-refractivity contribution >= 4 is 31.6 Å². The van der Waals surface area contributed by atoms with Crippen LogP contribution in [0.4, 0.5) is 5.69 Å². The maximum Gasteiger partial charge on any atom is 0.216 e. The summed E-state index contributed by atoms with van der Waals surface area (Å²) >= 11 is 3.36. The van der Waals surface area contributed by atoms with Crippen LogP contribution in [0.2, 0.25) is 0 Å². The van der Waals surface area contributed by atoms with E-state index in [1.54, 1.807) is 24.3 Å². The van der Waals surface area contributed by atoms with E-state index in [0.717, 1.165) is 10.0 Å². The number of halogens is 1. The van der Waals surface area contributed by atoms with E-state index < -0.39 is 10.0 Å². The van der Waals surface area contributed by atoms with Gasteiger partial charge in [0, 0.05) is 16.2 Å². The second kappa shape index (κ2) is 6.60. The average molecular weight is 369 g/mol. The van der Waals surface area contributed by atoms with E-state index in [0.29, 0.717) is 11.3 Å². The van der Waals surface area contributed by atoms with Crippen LogP contribution in [0.25, 0.3) is 0 Å². The van der Waals surface area contributed by atoms with Gasteiger partial charge in [0.25, 0.3) is 0 Å². The molecule has 0 amide bonds. The van der Waals surface area contributed by atoms with Gasteiger partial charge in [-0.15, -0.1) is 0 Å². The molecule has 2 rings (SSSR count). The molecule has 0 aliphatic heterocycles. The molecule has 0 spiro atoms. The van der Waals surface area contributed by atoms with Gasteiger partial charge >= 0.3 is 0 Å². The molecule has 1 unspecified atom stereocenters. The van der Waals surface area contributed by atoms with Crippen LogP contribution in [0.1, 0.15) is 24.1 Å². The summed E-state index contributed by atoms with van der Waals surface area (Å²) in [6.45, 7) is 1.82. The van der Waals surface area contributed by atoms with Gasteiger partial charge in [-0.1, -0.05) is 40.2 Å². The molecule has 1 atom stereocenters. The average Bonchev–Trinajstić information content (AvgIpc) is 2.38. The first-order valence-corrected chi connectivity index (χ1v) is 8.90. The van der Waals surface area contributed by atoms with E-state index in [1.165, 1.54) is 0 Å². The monoisotopic (exact) mass is 368 g/mol. The molecule has 112 valence electrons. The van der Waals surface area contributed by atoms with Crippen molar-refractivity contribution in [1.82, 2.24) is 4.72 Å². The minimum atomic E-state index is -3.43. The van der Waals surface area contributed by atoms with Gasteiger partial charge < -0.3 is 5.73 Å². The predicted molar refractivity (Wildman–Crippen MR) is 89.2 cm³/mol. The predicted octanol–water partition coefficient (Wildman–Crippen LogP) is 3.21. The van der Waals surface area contributed by atoms with Gasteiger partial charge in [-0.25, -0.2) is 13.1 Å². The third kappa shape index (κ3) is 4.84. The summed E-state index contributed by atoms with van der Waals surface area (Å²) in [7, 11) is -3.43. The van der Waals surface area contributed by atoms with E-state index >= 15 is 0 Å². The normalized spacial score (nSPS) is 13.0. The number of hydrogen-bond donors (Lipinski definition) is 2. The van der Waals surface area contributed by atoms with Crippen LogP contribution in [0, 0.1) is 0 Å². The number of hydrogen-bond acceptors (Lipinski definition) is 3. The van der Waals surface area contributed by atoms with Gasteiger partial charge in [-0.05, 0) is 42.3 Å². The van der Waals surface area contributed by atoms with Gasteiger partial charge in [0.1, 0.15) is 0 Å². The Kier molecular flexibility index (Phi) is 5.03. The summed E-state index contributed by atoms with van der Waals surface area (Å²) in [6.07, 6.45) is 0. The zero-order chi connectivity index (χ0) is 15.5. The number of rotatable bonds is 5. The topological polar surface area (TPSA) is 72.2 Å². The Bertz CT molecular complexity index is 715. The van der Waals surface area contributed by atoms with Gasteiger partial charge in [-0.3, -0.25) is 0 Å². The molecule has 4 nitrogen and oxygen atoms in total. The fourth-order valence-electron chi connectivity index (χ4n) is 2.03. The summed E-state index contributed by atoms with van der Waals surface area (Å²) in [6, 6.07) is 14.2. The Morgan fingerprint density at radius 1 is 1.19 bits per heavy atom. The quantitative estimate of drug-likeness (QED) is 0.795. The van der Waals surface area contributed by atoms with E-state index in [1.807, 2.05) is 31.2 Å². The smallest absolute Gasteiger partial charge is 0.216 e. The molecule has 2 aromatic carbocycles. The number of anilines is 1. The third-order valence-corrected chi connectivity index (χ3v) is 4.99. The van der Waals surface area contributed by atoms with E-state index in [4.69, 9.17) is 5.73 Å². The van der Waals surface area contributed by atoms with Gasteiger partial charge in [0.15, 0.2) is 0 Å². The van der Waals surface area contributed by atoms with Crippen LogP contribution in [0.5, 0.6) is 0 Å². The third-order valence-electron chi connectivity index (χ3n) is 3.03. The van der Waals surface area contributed by atoms with Crippen LogP contribution in [0.3, 0.4) is 0 Å². The van der Waals surface area contributed by atoms with Crippen molar-refractivity contribution in [2.24, 2.45) is 0 Å². The molecule has 0 fully saturated rings. The molecule has 2 aromatic rings. The fourth-order valence-corrected chi connectivity index (χ4v) is 3.67. The van der Waals surface area contributed by atoms with Crippen molar-refractivity contribution in [1.29, 1.82) is 0 Å². The zero-order valence-corrected chi connectivity index (χ0v) is 14.0. The Labute approximate surface area is 133 Å². The molecular formula is C15H17BrN2O2S. The van der Waals surface area contributed by atoms with Crippen molar-refractivity contribution in [3.63, 3.8) is 0 Å². The Hall–Kier alpha value is -1.37. The second-order valence-electron chi connectivity index (χ2n) is 4.90. The Morgan fingerprint density at radius 2 is 1.86 bits per heavy atom. The van der Waals surface area contributed by atoms with Crippen molar-refractivity contribution in [3.05, 3.63) is 64.1 Å². The highest BCUT2D eigenvalue weighted by molar-refractivity contribution is 9.10. The highest BCUT2D eigenvalue weighted by Crippen LogP contribution is 2.18. The van der Waals surface area contributed by atoms with E-state index in [-0.39, 0.29) is 11.8 Å². The summed E-state index contributed by atoms with van der Waals surface area (Å²) in [4.78, 5) is 0. The van der Waals surface area contributed by atoms with Crippen LogP contribution in [-0.2, 0) is 15.8 Å². The van der Waals surface area contributed by atoms with Crippen molar-refractivity contribution < 1.29 is 8.42 Å². The largest absolute Gasteiger partial charge is 0.399 e. The van der Waals surface area contributed by atoms with Gasteiger partial charge in [-0.2, -0.15) is 0 Å². The van der Waals surface area contributed by atoms with E-state index in [2.05, 4.69) is 20.7 Å². The molecule has 0 heterocycles. The molecule has 6 heteroatoms. The minimum Gasteiger partial charge on any atom is -0.399 e. The molecule has 21 heavy (non-hydrogen) atoms. The first kappa shape index (κ1) is 16.0.